The molecule has 7 nitrogen and oxygen atoms in total. The summed E-state index contributed by atoms with van der Waals surface area (Å²) in [6, 6.07) is 12.5. The summed E-state index contributed by atoms with van der Waals surface area (Å²) in [6.07, 6.45) is -0.913. The van der Waals surface area contributed by atoms with Crippen molar-refractivity contribution >= 4 is 23.5 Å². The van der Waals surface area contributed by atoms with Crippen molar-refractivity contribution in [1.82, 2.24) is 0 Å². The Morgan fingerprint density at radius 3 is 2.41 bits per heavy atom. The maximum absolute atomic E-state index is 12.7. The van der Waals surface area contributed by atoms with E-state index in [9.17, 15) is 14.4 Å². The molecule has 0 spiro atoms. The van der Waals surface area contributed by atoms with Crippen LogP contribution in [-0.2, 0) is 4.74 Å². The predicted octanol–water partition coefficient (Wildman–Crippen LogP) is 2.95. The Bertz CT molecular complexity index is 959. The highest BCUT2D eigenvalue weighted by atomic mass is 16.5. The molecule has 3 rings (SSSR count). The van der Waals surface area contributed by atoms with Crippen molar-refractivity contribution in [3.8, 4) is 11.8 Å². The number of nitriles is 1. The maximum Gasteiger partial charge on any atom is 0.339 e. The molecule has 136 valence electrons. The van der Waals surface area contributed by atoms with Crippen LogP contribution < -0.4 is 9.64 Å². The lowest BCUT2D eigenvalue weighted by molar-refractivity contribution is 0.0435. The summed E-state index contributed by atoms with van der Waals surface area (Å²) >= 11 is 0. The Labute approximate surface area is 155 Å². The summed E-state index contributed by atoms with van der Waals surface area (Å²) in [7, 11) is 0. The van der Waals surface area contributed by atoms with Gasteiger partial charge in [0, 0.05) is 0 Å². The van der Waals surface area contributed by atoms with Gasteiger partial charge in [0.2, 0.25) is 0 Å². The molecule has 0 aromatic heterocycles. The van der Waals surface area contributed by atoms with E-state index in [1.165, 1.54) is 25.1 Å². The second-order valence-electron chi connectivity index (χ2n) is 5.81. The minimum atomic E-state index is -0.913. The Hall–Kier alpha value is -3.66. The average Bonchev–Trinajstić information content (AvgIpc) is 2.93. The summed E-state index contributed by atoms with van der Waals surface area (Å²) in [4.78, 5) is 38.5. The Morgan fingerprint density at radius 2 is 1.78 bits per heavy atom. The highest BCUT2D eigenvalue weighted by molar-refractivity contribution is 6.34. The van der Waals surface area contributed by atoms with Gasteiger partial charge in [0.15, 0.2) is 6.10 Å². The standard InChI is InChI=1S/C20H16N2O5/c1-3-26-15-7-5-14(6-8-15)22-18(23)16-9-4-13(10-17(16)19(22)24)20(25)27-12(2)11-21/h4-10,12H,3H2,1-2H3/t12-/m1/s1. The topological polar surface area (TPSA) is 96.7 Å². The van der Waals surface area contributed by atoms with Crippen LogP contribution >= 0.6 is 0 Å². The highest BCUT2D eigenvalue weighted by Crippen LogP contribution is 2.30. The third-order valence-corrected chi connectivity index (χ3v) is 3.99. The molecule has 27 heavy (non-hydrogen) atoms. The van der Waals surface area contributed by atoms with Crippen LogP contribution in [0.5, 0.6) is 5.75 Å². The summed E-state index contributed by atoms with van der Waals surface area (Å²) in [6.45, 7) is 3.81. The number of nitrogens with zero attached hydrogens (tertiary/aromatic N) is 2. The number of hydrogen-bond donors (Lipinski definition) is 0. The fourth-order valence-corrected chi connectivity index (χ4v) is 2.72. The highest BCUT2D eigenvalue weighted by Gasteiger charge is 2.37. The van der Waals surface area contributed by atoms with Gasteiger partial charge in [-0.3, -0.25) is 9.59 Å². The van der Waals surface area contributed by atoms with Gasteiger partial charge < -0.3 is 9.47 Å². The Balaban J connectivity index is 1.89. The van der Waals surface area contributed by atoms with Crippen molar-refractivity contribution in [1.29, 1.82) is 5.26 Å². The largest absolute Gasteiger partial charge is 0.494 e. The number of carbonyl (C=O) groups excluding carboxylic acids is 3. The van der Waals surface area contributed by atoms with E-state index < -0.39 is 23.9 Å². The lowest BCUT2D eigenvalue weighted by atomic mass is 10.1. The normalized spacial score (nSPS) is 13.7. The first-order valence-electron chi connectivity index (χ1n) is 8.32. The van der Waals surface area contributed by atoms with Crippen LogP contribution in [0.3, 0.4) is 0 Å². The number of benzene rings is 2. The Kier molecular flexibility index (Phi) is 4.90. The van der Waals surface area contributed by atoms with Gasteiger partial charge >= 0.3 is 5.97 Å². The zero-order valence-electron chi connectivity index (χ0n) is 14.8. The molecule has 1 heterocycles. The summed E-state index contributed by atoms with van der Waals surface area (Å²) in [5.41, 5.74) is 0.837. The van der Waals surface area contributed by atoms with Gasteiger partial charge in [-0.05, 0) is 56.3 Å². The van der Waals surface area contributed by atoms with E-state index in [0.29, 0.717) is 18.0 Å². The molecule has 0 aliphatic carbocycles. The van der Waals surface area contributed by atoms with Crippen molar-refractivity contribution in [2.24, 2.45) is 0 Å². The molecule has 1 atom stereocenters. The van der Waals surface area contributed by atoms with Crippen molar-refractivity contribution in [3.63, 3.8) is 0 Å². The number of imide groups is 1. The lowest BCUT2D eigenvalue weighted by Crippen LogP contribution is -2.29. The van der Waals surface area contributed by atoms with Crippen LogP contribution in [0, 0.1) is 11.3 Å². The van der Waals surface area contributed by atoms with Gasteiger partial charge in [0.05, 0.1) is 29.0 Å². The van der Waals surface area contributed by atoms with Crippen LogP contribution in [0.25, 0.3) is 0 Å². The molecule has 2 aromatic carbocycles. The monoisotopic (exact) mass is 364 g/mol. The first-order valence-corrected chi connectivity index (χ1v) is 8.32. The molecule has 0 radical (unpaired) electrons. The quantitative estimate of drug-likeness (QED) is 0.598. The van der Waals surface area contributed by atoms with Crippen LogP contribution in [-0.4, -0.2) is 30.5 Å². The minimum Gasteiger partial charge on any atom is -0.494 e. The molecule has 2 amide bonds. The third-order valence-electron chi connectivity index (χ3n) is 3.99. The summed E-state index contributed by atoms with van der Waals surface area (Å²) in [5, 5.41) is 8.73. The summed E-state index contributed by atoms with van der Waals surface area (Å²) < 4.78 is 10.3. The van der Waals surface area contributed by atoms with Crippen LogP contribution in [0.1, 0.15) is 44.9 Å². The number of fused-ring (bicyclic) bond motifs is 1. The zero-order valence-corrected chi connectivity index (χ0v) is 14.8. The zero-order chi connectivity index (χ0) is 19.6. The maximum atomic E-state index is 12.7. The van der Waals surface area contributed by atoms with E-state index in [1.807, 2.05) is 6.92 Å². The second kappa shape index (κ2) is 7.30. The van der Waals surface area contributed by atoms with Gasteiger partial charge in [-0.1, -0.05) is 0 Å². The van der Waals surface area contributed by atoms with Gasteiger partial charge in [-0.25, -0.2) is 9.69 Å². The fraction of sp³-hybridized carbons (Fsp3) is 0.200. The van der Waals surface area contributed by atoms with Gasteiger partial charge in [0.1, 0.15) is 11.8 Å². The molecule has 2 aromatic rings. The van der Waals surface area contributed by atoms with Crippen LogP contribution in [0.15, 0.2) is 42.5 Å². The molecule has 0 bridgehead atoms. The lowest BCUT2D eigenvalue weighted by Gasteiger charge is -2.14. The molecule has 1 aliphatic heterocycles. The molecular weight excluding hydrogens is 348 g/mol. The number of esters is 1. The van der Waals surface area contributed by atoms with E-state index in [2.05, 4.69) is 0 Å². The van der Waals surface area contributed by atoms with Crippen molar-refractivity contribution in [3.05, 3.63) is 59.2 Å². The SMILES string of the molecule is CCOc1ccc(N2C(=O)c3ccc(C(=O)O[C@H](C)C#N)cc3C2=O)cc1. The first kappa shape index (κ1) is 18.1. The number of carbonyl (C=O) groups is 3. The number of rotatable bonds is 5. The third kappa shape index (κ3) is 3.37. The number of amides is 2. The van der Waals surface area contributed by atoms with Crippen molar-refractivity contribution in [2.45, 2.75) is 20.0 Å². The first-order chi connectivity index (χ1) is 13.0. The predicted molar refractivity (Wildman–Crippen MR) is 95.7 cm³/mol. The molecule has 0 N–H and O–H groups in total. The van der Waals surface area contributed by atoms with Gasteiger partial charge in [0.25, 0.3) is 11.8 Å². The molecule has 7 heteroatoms. The average molecular weight is 364 g/mol. The molecule has 0 saturated heterocycles. The molecular formula is C20H16N2O5. The summed E-state index contributed by atoms with van der Waals surface area (Å²) in [5.74, 6) is -1.09. The second-order valence-corrected chi connectivity index (χ2v) is 5.81. The van der Waals surface area contributed by atoms with E-state index in [1.54, 1.807) is 30.3 Å². The van der Waals surface area contributed by atoms with Crippen LogP contribution in [0.4, 0.5) is 5.69 Å². The van der Waals surface area contributed by atoms with E-state index in [0.717, 1.165) is 4.90 Å². The fourth-order valence-electron chi connectivity index (χ4n) is 2.72. The van der Waals surface area contributed by atoms with Crippen molar-refractivity contribution < 1.29 is 23.9 Å². The smallest absolute Gasteiger partial charge is 0.339 e. The molecule has 0 fully saturated rings. The minimum absolute atomic E-state index is 0.102. The van der Waals surface area contributed by atoms with Crippen LogP contribution in [0.2, 0.25) is 0 Å². The van der Waals surface area contributed by atoms with E-state index >= 15 is 0 Å². The number of hydrogen-bond acceptors (Lipinski definition) is 6. The van der Waals surface area contributed by atoms with Gasteiger partial charge in [-0.15, -0.1) is 0 Å². The van der Waals surface area contributed by atoms with Crippen molar-refractivity contribution in [2.75, 3.05) is 11.5 Å². The van der Waals surface area contributed by atoms with E-state index in [-0.39, 0.29) is 16.7 Å². The van der Waals surface area contributed by atoms with Gasteiger partial charge in [-0.2, -0.15) is 5.26 Å². The molecule has 0 unspecified atom stereocenters. The number of anilines is 1. The molecule has 0 saturated carbocycles. The molecule has 1 aliphatic rings. The number of ether oxygens (including phenoxy) is 2. The Morgan fingerprint density at radius 1 is 1.11 bits per heavy atom. The van der Waals surface area contributed by atoms with E-state index in [4.69, 9.17) is 14.7 Å².